The predicted octanol–water partition coefficient (Wildman–Crippen LogP) is 4.67. The number of thiazole rings is 1. The Balaban J connectivity index is 1.71. The minimum Gasteiger partial charge on any atom is -0.497 e. The fourth-order valence-corrected chi connectivity index (χ4v) is 4.89. The summed E-state index contributed by atoms with van der Waals surface area (Å²) in [6.07, 6.45) is 0.398. The molecule has 154 valence electrons. The van der Waals surface area contributed by atoms with E-state index in [1.165, 1.54) is 5.56 Å². The highest BCUT2D eigenvalue weighted by Crippen LogP contribution is 2.22. The van der Waals surface area contributed by atoms with Crippen LogP contribution in [0.2, 0.25) is 0 Å². The number of nitrogens with zero attached hydrogens (tertiary/aromatic N) is 2. The van der Waals surface area contributed by atoms with Crippen molar-refractivity contribution in [2.24, 2.45) is 4.99 Å². The Kier molecular flexibility index (Phi) is 7.91. The lowest BCUT2D eigenvalue weighted by Crippen LogP contribution is -2.19. The third kappa shape index (κ3) is 5.95. The number of amides is 1. The van der Waals surface area contributed by atoms with E-state index in [2.05, 4.69) is 34.7 Å². The maximum atomic E-state index is 12.5. The van der Waals surface area contributed by atoms with Crippen LogP contribution in [0.15, 0.2) is 52.4 Å². The predicted molar refractivity (Wildman–Crippen MR) is 120 cm³/mol. The number of aromatic nitrogens is 1. The van der Waals surface area contributed by atoms with Gasteiger partial charge in [0.05, 0.1) is 23.9 Å². The summed E-state index contributed by atoms with van der Waals surface area (Å²) in [7, 11) is 1.65. The van der Waals surface area contributed by atoms with Crippen molar-refractivity contribution >= 4 is 39.2 Å². The minimum absolute atomic E-state index is 0.0977. The molecule has 29 heavy (non-hydrogen) atoms. The average Bonchev–Trinajstić information content (AvgIpc) is 3.04. The highest BCUT2D eigenvalue weighted by Gasteiger charge is 2.09. The minimum atomic E-state index is -0.0977. The Morgan fingerprint density at radius 2 is 2.00 bits per heavy atom. The van der Waals surface area contributed by atoms with Crippen molar-refractivity contribution in [3.63, 3.8) is 0 Å². The van der Waals surface area contributed by atoms with Crippen molar-refractivity contribution in [3.8, 4) is 5.75 Å². The number of carbonyl (C=O) groups excluding carboxylic acids is 1. The molecule has 3 aromatic rings. The Hall–Kier alpha value is -2.09. The molecule has 0 unspecified atom stereocenters. The van der Waals surface area contributed by atoms with Gasteiger partial charge in [0, 0.05) is 30.2 Å². The second kappa shape index (κ2) is 10.6. The maximum Gasteiger partial charge on any atom is 0.249 e. The maximum absolute atomic E-state index is 12.5. The molecule has 0 saturated heterocycles. The van der Waals surface area contributed by atoms with E-state index < -0.39 is 0 Å². The largest absolute Gasteiger partial charge is 0.497 e. The number of methoxy groups -OCH3 is 1. The molecule has 1 amide bonds. The van der Waals surface area contributed by atoms with Crippen LogP contribution in [0.25, 0.3) is 10.2 Å². The molecule has 0 fully saturated rings. The third-order valence-corrected chi connectivity index (χ3v) is 6.42. The first-order chi connectivity index (χ1) is 14.1. The van der Waals surface area contributed by atoms with Crippen molar-refractivity contribution in [2.75, 3.05) is 26.1 Å². The van der Waals surface area contributed by atoms with Gasteiger partial charge in [-0.15, -0.1) is 11.8 Å². The Labute approximate surface area is 179 Å². The molecule has 0 saturated carbocycles. The molecule has 1 heterocycles. The number of hydrogen-bond donors (Lipinski definition) is 0. The lowest BCUT2D eigenvalue weighted by atomic mass is 10.2. The molecule has 0 N–H and O–H groups in total. The van der Waals surface area contributed by atoms with Crippen LogP contribution >= 0.6 is 23.1 Å². The fraction of sp³-hybridized carbons (Fsp3) is 0.364. The summed E-state index contributed by atoms with van der Waals surface area (Å²) >= 11 is 3.20. The smallest absolute Gasteiger partial charge is 0.249 e. The van der Waals surface area contributed by atoms with Crippen LogP contribution in [0, 0.1) is 6.92 Å². The highest BCUT2D eigenvalue weighted by atomic mass is 32.2. The van der Waals surface area contributed by atoms with Gasteiger partial charge in [0.2, 0.25) is 5.91 Å². The lowest BCUT2D eigenvalue weighted by molar-refractivity contribution is -0.117. The highest BCUT2D eigenvalue weighted by molar-refractivity contribution is 7.99. The van der Waals surface area contributed by atoms with Crippen molar-refractivity contribution < 1.29 is 14.3 Å². The number of rotatable bonds is 9. The first-order valence-electron chi connectivity index (χ1n) is 9.63. The average molecular weight is 431 g/mol. The van der Waals surface area contributed by atoms with E-state index in [0.717, 1.165) is 25.7 Å². The number of aryl methyl sites for hydroxylation is 1. The number of hydrogen-bond acceptors (Lipinski definition) is 5. The van der Waals surface area contributed by atoms with Crippen LogP contribution in [0.4, 0.5) is 0 Å². The summed E-state index contributed by atoms with van der Waals surface area (Å²) in [5.74, 6) is 1.42. The van der Waals surface area contributed by atoms with Gasteiger partial charge in [-0.2, -0.15) is 4.99 Å². The summed E-state index contributed by atoms with van der Waals surface area (Å²) in [5, 5.41) is 0. The van der Waals surface area contributed by atoms with Gasteiger partial charge in [-0.05, 0) is 55.8 Å². The summed E-state index contributed by atoms with van der Waals surface area (Å²) in [5.41, 5.74) is 2.30. The Morgan fingerprint density at radius 1 is 1.21 bits per heavy atom. The van der Waals surface area contributed by atoms with E-state index in [1.807, 2.05) is 31.2 Å². The summed E-state index contributed by atoms with van der Waals surface area (Å²) in [6, 6.07) is 14.2. The second-order valence-electron chi connectivity index (χ2n) is 6.48. The third-order valence-electron chi connectivity index (χ3n) is 4.37. The van der Waals surface area contributed by atoms with Gasteiger partial charge >= 0.3 is 0 Å². The summed E-state index contributed by atoms with van der Waals surface area (Å²) in [4.78, 5) is 18.8. The zero-order chi connectivity index (χ0) is 20.6. The van der Waals surface area contributed by atoms with Gasteiger partial charge < -0.3 is 14.0 Å². The molecule has 2 aromatic carbocycles. The summed E-state index contributed by atoms with van der Waals surface area (Å²) in [6.45, 7) is 6.02. The SMILES string of the molecule is CCOCCn1c(=NC(=O)CCSc2ccc(OC)cc2)sc2cc(C)ccc21. The molecule has 5 nitrogen and oxygen atoms in total. The molecule has 3 rings (SSSR count). The molecule has 0 bridgehead atoms. The molecule has 0 aliphatic carbocycles. The van der Waals surface area contributed by atoms with Crippen LogP contribution in [-0.4, -0.2) is 36.6 Å². The number of benzene rings is 2. The van der Waals surface area contributed by atoms with E-state index in [1.54, 1.807) is 30.2 Å². The molecular weight excluding hydrogens is 404 g/mol. The normalized spacial score (nSPS) is 11.9. The van der Waals surface area contributed by atoms with Gasteiger partial charge in [0.25, 0.3) is 0 Å². The standard InChI is InChI=1S/C22H26N2O3S2/c1-4-27-13-12-24-19-10-5-16(2)15-20(19)29-22(24)23-21(25)11-14-28-18-8-6-17(26-3)7-9-18/h5-10,15H,4,11-14H2,1-3H3. The van der Waals surface area contributed by atoms with Crippen LogP contribution in [0.3, 0.4) is 0 Å². The zero-order valence-corrected chi connectivity index (χ0v) is 18.6. The first kappa shape index (κ1) is 21.6. The molecule has 0 radical (unpaired) electrons. The van der Waals surface area contributed by atoms with Crippen LogP contribution in [-0.2, 0) is 16.1 Å². The van der Waals surface area contributed by atoms with Crippen LogP contribution < -0.4 is 9.54 Å². The fourth-order valence-electron chi connectivity index (χ4n) is 2.87. The van der Waals surface area contributed by atoms with E-state index in [0.29, 0.717) is 31.9 Å². The number of thioether (sulfide) groups is 1. The first-order valence-corrected chi connectivity index (χ1v) is 11.4. The molecule has 0 spiro atoms. The van der Waals surface area contributed by atoms with Gasteiger partial charge in [0.1, 0.15) is 5.75 Å². The molecular formula is C22H26N2O3S2. The van der Waals surface area contributed by atoms with Gasteiger partial charge in [0.15, 0.2) is 4.80 Å². The van der Waals surface area contributed by atoms with E-state index in [-0.39, 0.29) is 5.91 Å². The van der Waals surface area contributed by atoms with Crippen molar-refractivity contribution in [1.82, 2.24) is 4.57 Å². The topological polar surface area (TPSA) is 52.8 Å². The van der Waals surface area contributed by atoms with Crippen molar-refractivity contribution in [3.05, 3.63) is 52.8 Å². The Morgan fingerprint density at radius 3 is 2.72 bits per heavy atom. The Bertz CT molecular complexity index is 1020. The van der Waals surface area contributed by atoms with E-state index >= 15 is 0 Å². The molecule has 0 aliphatic rings. The van der Waals surface area contributed by atoms with Gasteiger partial charge in [-0.1, -0.05) is 17.4 Å². The van der Waals surface area contributed by atoms with E-state index in [4.69, 9.17) is 9.47 Å². The van der Waals surface area contributed by atoms with E-state index in [9.17, 15) is 4.79 Å². The van der Waals surface area contributed by atoms with Crippen molar-refractivity contribution in [2.45, 2.75) is 31.7 Å². The molecule has 0 atom stereocenters. The molecule has 1 aromatic heterocycles. The zero-order valence-electron chi connectivity index (χ0n) is 17.0. The van der Waals surface area contributed by atoms with Crippen molar-refractivity contribution in [1.29, 1.82) is 0 Å². The van der Waals surface area contributed by atoms with Crippen LogP contribution in [0.5, 0.6) is 5.75 Å². The number of fused-ring (bicyclic) bond motifs is 1. The lowest BCUT2D eigenvalue weighted by Gasteiger charge is -2.05. The quantitative estimate of drug-likeness (QED) is 0.366. The van der Waals surface area contributed by atoms with Gasteiger partial charge in [-0.25, -0.2) is 0 Å². The molecule has 7 heteroatoms. The number of ether oxygens (including phenoxy) is 2. The van der Waals surface area contributed by atoms with Crippen LogP contribution in [0.1, 0.15) is 18.9 Å². The number of carbonyl (C=O) groups is 1. The monoisotopic (exact) mass is 430 g/mol. The molecule has 0 aliphatic heterocycles. The second-order valence-corrected chi connectivity index (χ2v) is 8.66. The summed E-state index contributed by atoms with van der Waals surface area (Å²) < 4.78 is 13.9. The van der Waals surface area contributed by atoms with Gasteiger partial charge in [-0.3, -0.25) is 4.79 Å².